The molecular formula is C34H41F2IN4O3. The predicted molar refractivity (Wildman–Crippen MR) is 176 cm³/mol. The van der Waals surface area contributed by atoms with Crippen molar-refractivity contribution in [3.05, 3.63) is 76.2 Å². The van der Waals surface area contributed by atoms with E-state index in [-0.39, 0.29) is 23.4 Å². The summed E-state index contributed by atoms with van der Waals surface area (Å²) in [6.07, 6.45) is 7.18. The lowest BCUT2D eigenvalue weighted by atomic mass is 9.72. The second-order valence-corrected chi connectivity index (χ2v) is 13.5. The fraction of sp³-hybridized carbons (Fsp3) is 0.500. The van der Waals surface area contributed by atoms with Crippen molar-refractivity contribution in [3.63, 3.8) is 0 Å². The van der Waals surface area contributed by atoms with Crippen molar-refractivity contribution in [1.82, 2.24) is 20.1 Å². The molecule has 3 heterocycles. The monoisotopic (exact) mass is 718 g/mol. The Morgan fingerprint density at radius 3 is 2.66 bits per heavy atom. The van der Waals surface area contributed by atoms with Crippen molar-refractivity contribution in [3.8, 4) is 11.6 Å². The molecule has 0 spiro atoms. The van der Waals surface area contributed by atoms with Gasteiger partial charge in [0, 0.05) is 22.6 Å². The second-order valence-electron chi connectivity index (χ2n) is 12.1. The molecule has 0 atom stereocenters. The van der Waals surface area contributed by atoms with Crippen LogP contribution in [0.3, 0.4) is 0 Å². The molecule has 2 aromatic heterocycles. The molecule has 0 unspecified atom stereocenters. The number of nitrogens with zero attached hydrogens (tertiary/aromatic N) is 3. The molecular weight excluding hydrogens is 677 g/mol. The van der Waals surface area contributed by atoms with Crippen LogP contribution in [0.2, 0.25) is 0 Å². The highest BCUT2D eigenvalue weighted by molar-refractivity contribution is 14.1. The number of hydrogen-bond donors (Lipinski definition) is 1. The van der Waals surface area contributed by atoms with Crippen molar-refractivity contribution in [2.45, 2.75) is 76.1 Å². The highest BCUT2D eigenvalue weighted by Crippen LogP contribution is 2.44. The van der Waals surface area contributed by atoms with Gasteiger partial charge in [0.1, 0.15) is 23.6 Å². The van der Waals surface area contributed by atoms with Crippen LogP contribution in [0.1, 0.15) is 98.6 Å². The van der Waals surface area contributed by atoms with Crippen molar-refractivity contribution in [2.24, 2.45) is 5.41 Å². The first kappa shape index (κ1) is 32.5. The Hall–Kier alpha value is -2.86. The van der Waals surface area contributed by atoms with Crippen LogP contribution in [-0.2, 0) is 15.1 Å². The minimum Gasteiger partial charge on any atom is -0.489 e. The third-order valence-electron chi connectivity index (χ3n) is 8.86. The molecule has 1 aromatic carbocycles. The summed E-state index contributed by atoms with van der Waals surface area (Å²) in [6.45, 7) is 10.9. The summed E-state index contributed by atoms with van der Waals surface area (Å²) in [5.74, 6) is 0.807. The number of carbonyl (C=O) groups excluding carboxylic acids is 1. The molecule has 10 heteroatoms. The minimum atomic E-state index is -3.38. The summed E-state index contributed by atoms with van der Waals surface area (Å²) >= 11 is 1.02. The zero-order valence-electron chi connectivity index (χ0n) is 25.9. The lowest BCUT2D eigenvalue weighted by Crippen LogP contribution is -2.27. The molecule has 0 amide bonds. The zero-order chi connectivity index (χ0) is 31.5. The number of allylic oxidation sites excluding steroid dienone is 1. The smallest absolute Gasteiger partial charge is 0.341 e. The van der Waals surface area contributed by atoms with Gasteiger partial charge in [0.05, 0.1) is 18.5 Å². The molecule has 1 aliphatic carbocycles. The Bertz CT molecular complexity index is 1520. The van der Waals surface area contributed by atoms with E-state index < -0.39 is 15.6 Å². The number of benzene rings is 1. The molecule has 5 rings (SSSR count). The quantitative estimate of drug-likeness (QED) is 0.130. The fourth-order valence-corrected chi connectivity index (χ4v) is 7.03. The molecule has 7 nitrogen and oxygen atoms in total. The van der Waals surface area contributed by atoms with Gasteiger partial charge < -0.3 is 14.8 Å². The molecule has 0 radical (unpaired) electrons. The molecule has 1 aliphatic heterocycles. The number of ether oxygens (including phenoxy) is 2. The van der Waals surface area contributed by atoms with Gasteiger partial charge in [0.15, 0.2) is 5.82 Å². The number of pyridine rings is 1. The van der Waals surface area contributed by atoms with Crippen LogP contribution in [-0.4, -0.2) is 47.0 Å². The highest BCUT2D eigenvalue weighted by atomic mass is 127. The fourth-order valence-electron chi connectivity index (χ4n) is 6.51. The molecule has 2 aliphatic rings. The van der Waals surface area contributed by atoms with Gasteiger partial charge in [-0.05, 0) is 116 Å². The summed E-state index contributed by atoms with van der Waals surface area (Å²) < 4.78 is 38.8. The van der Waals surface area contributed by atoms with Gasteiger partial charge in [-0.25, -0.2) is 14.5 Å². The number of rotatable bonds is 10. The standard InChI is InChI=1S/C34H41F2IN4O3/c1-5-22-19-24(12-13-25(22)23-14-17-38-18-15-23)44-21-28-26(9-8-16-33(28,3)4)29-10-7-11-30(40-29)41-31(34(35,36)37)27(20-39-41)32(42)43-6-2/h7,10-13,19-20,23,38H,5-6,8-9,14-18,21H2,1-4H3. The van der Waals surface area contributed by atoms with E-state index in [1.54, 1.807) is 19.1 Å². The average Bonchev–Trinajstić information content (AvgIpc) is 3.47. The Balaban J connectivity index is 1.47. The largest absolute Gasteiger partial charge is 0.489 e. The number of aryl methyl sites for hydroxylation is 1. The number of halogens is 3. The van der Waals surface area contributed by atoms with Gasteiger partial charge in [-0.2, -0.15) is 13.9 Å². The first-order valence-electron chi connectivity index (χ1n) is 15.5. The van der Waals surface area contributed by atoms with E-state index in [0.717, 1.165) is 102 Å². The highest BCUT2D eigenvalue weighted by Gasteiger charge is 2.39. The van der Waals surface area contributed by atoms with E-state index in [1.807, 2.05) is 6.07 Å². The summed E-state index contributed by atoms with van der Waals surface area (Å²) in [5, 5.41) is 7.60. The number of aromatic nitrogens is 3. The Morgan fingerprint density at radius 1 is 1.18 bits per heavy atom. The number of carbonyl (C=O) groups is 1. The number of nitrogens with one attached hydrogen (secondary N) is 1. The van der Waals surface area contributed by atoms with Crippen LogP contribution in [0.4, 0.5) is 8.78 Å². The first-order chi connectivity index (χ1) is 21.0. The van der Waals surface area contributed by atoms with Gasteiger partial charge in [0.25, 0.3) is 0 Å². The third-order valence-corrected chi connectivity index (χ3v) is 9.37. The third kappa shape index (κ3) is 7.01. The molecule has 0 saturated carbocycles. The Labute approximate surface area is 272 Å². The van der Waals surface area contributed by atoms with Gasteiger partial charge in [-0.3, -0.25) is 0 Å². The molecule has 236 valence electrons. The van der Waals surface area contributed by atoms with Crippen molar-refractivity contribution < 1.29 is 23.0 Å². The van der Waals surface area contributed by atoms with E-state index in [2.05, 4.69) is 49.4 Å². The van der Waals surface area contributed by atoms with Gasteiger partial charge in [-0.15, -0.1) is 0 Å². The van der Waals surface area contributed by atoms with E-state index in [4.69, 9.17) is 14.5 Å². The van der Waals surface area contributed by atoms with Crippen LogP contribution in [0, 0.1) is 5.41 Å². The van der Waals surface area contributed by atoms with Crippen LogP contribution in [0.5, 0.6) is 5.75 Å². The predicted octanol–water partition coefficient (Wildman–Crippen LogP) is 8.00. The lowest BCUT2D eigenvalue weighted by molar-refractivity contribution is 0.0509. The molecule has 3 aromatic rings. The van der Waals surface area contributed by atoms with E-state index >= 15 is 0 Å². The molecule has 1 fully saturated rings. The number of esters is 1. The lowest BCUT2D eigenvalue weighted by Gasteiger charge is -2.35. The van der Waals surface area contributed by atoms with Gasteiger partial charge in [-0.1, -0.05) is 32.9 Å². The number of piperidine rings is 1. The van der Waals surface area contributed by atoms with Crippen LogP contribution < -0.4 is 10.1 Å². The summed E-state index contributed by atoms with van der Waals surface area (Å²) in [7, 11) is 0. The van der Waals surface area contributed by atoms with E-state index in [9.17, 15) is 13.6 Å². The van der Waals surface area contributed by atoms with Crippen LogP contribution in [0.15, 0.2) is 48.2 Å². The van der Waals surface area contributed by atoms with Gasteiger partial charge in [0.2, 0.25) is 0 Å². The average molecular weight is 719 g/mol. The van der Waals surface area contributed by atoms with Crippen molar-refractivity contribution >= 4 is 34.1 Å². The SMILES string of the molecule is CCOC(=O)c1cnn(-c2cccc(C3=C(COc4ccc(C5CCNCC5)c(CC)c4)C(C)(C)CCC3)n2)c1C(F)(F)I. The van der Waals surface area contributed by atoms with Gasteiger partial charge >= 0.3 is 9.90 Å². The Morgan fingerprint density at radius 2 is 1.95 bits per heavy atom. The molecule has 44 heavy (non-hydrogen) atoms. The maximum Gasteiger partial charge on any atom is 0.341 e. The van der Waals surface area contributed by atoms with Crippen molar-refractivity contribution in [1.29, 1.82) is 0 Å². The second kappa shape index (κ2) is 13.6. The summed E-state index contributed by atoms with van der Waals surface area (Å²) in [4.78, 5) is 17.3. The minimum absolute atomic E-state index is 0.0704. The van der Waals surface area contributed by atoms with E-state index in [1.165, 1.54) is 11.1 Å². The Kier molecular flexibility index (Phi) is 10.1. The van der Waals surface area contributed by atoms with E-state index in [0.29, 0.717) is 18.2 Å². The topological polar surface area (TPSA) is 78.3 Å². The number of hydrogen-bond acceptors (Lipinski definition) is 6. The normalized spacial score (nSPS) is 17.5. The maximum atomic E-state index is 14.8. The first-order valence-corrected chi connectivity index (χ1v) is 16.6. The van der Waals surface area contributed by atoms with Crippen LogP contribution in [0.25, 0.3) is 11.4 Å². The zero-order valence-corrected chi connectivity index (χ0v) is 28.0. The van der Waals surface area contributed by atoms with Crippen molar-refractivity contribution in [2.75, 3.05) is 26.3 Å². The summed E-state index contributed by atoms with van der Waals surface area (Å²) in [6, 6.07) is 11.8. The molecule has 1 N–H and O–H groups in total. The summed E-state index contributed by atoms with van der Waals surface area (Å²) in [5.41, 5.74) is 4.72. The molecule has 1 saturated heterocycles. The number of alkyl halides is 3. The maximum absolute atomic E-state index is 14.8. The van der Waals surface area contributed by atoms with Crippen LogP contribution >= 0.6 is 22.6 Å². The molecule has 0 bridgehead atoms.